The Kier molecular flexibility index (Phi) is 5.12. The Balaban J connectivity index is 1.13. The maximum Gasteiger partial charge on any atom is 0.239 e. The van der Waals surface area contributed by atoms with E-state index in [9.17, 15) is 4.79 Å². The summed E-state index contributed by atoms with van der Waals surface area (Å²) in [4.78, 5) is 22.1. The van der Waals surface area contributed by atoms with E-state index in [-0.39, 0.29) is 11.9 Å². The minimum absolute atomic E-state index is 0.0572. The Bertz CT molecular complexity index is 867. The van der Waals surface area contributed by atoms with Crippen LogP contribution in [0.1, 0.15) is 61.4 Å². The molecule has 1 saturated carbocycles. The third-order valence-electron chi connectivity index (χ3n) is 6.87. The van der Waals surface area contributed by atoms with Gasteiger partial charge in [0, 0.05) is 38.5 Å². The molecule has 0 radical (unpaired) electrons. The molecule has 3 heterocycles. The van der Waals surface area contributed by atoms with E-state index >= 15 is 0 Å². The van der Waals surface area contributed by atoms with Crippen LogP contribution < -0.4 is 0 Å². The predicted molar refractivity (Wildman–Crippen MR) is 109 cm³/mol. The molecule has 3 aliphatic rings. The maximum absolute atomic E-state index is 13.1. The molecule has 1 aromatic carbocycles. The first-order valence-electron chi connectivity index (χ1n) is 11.1. The summed E-state index contributed by atoms with van der Waals surface area (Å²) >= 11 is 0. The smallest absolute Gasteiger partial charge is 0.239 e. The first-order valence-corrected chi connectivity index (χ1v) is 11.1. The van der Waals surface area contributed by atoms with Crippen molar-refractivity contribution in [3.05, 3.63) is 47.1 Å². The molecule has 6 heteroatoms. The van der Waals surface area contributed by atoms with Gasteiger partial charge in [0.1, 0.15) is 0 Å². The van der Waals surface area contributed by atoms with E-state index in [2.05, 4.69) is 51.1 Å². The van der Waals surface area contributed by atoms with Crippen LogP contribution in [-0.4, -0.2) is 51.5 Å². The largest absolute Gasteiger partial charge is 0.341 e. The zero-order chi connectivity index (χ0) is 19.8. The number of nitrogens with zero attached hydrogens (tertiary/aromatic N) is 4. The molecule has 1 aliphatic carbocycles. The van der Waals surface area contributed by atoms with Crippen LogP contribution in [0.5, 0.6) is 0 Å². The molecule has 0 bridgehead atoms. The number of fused-ring (bicyclic) bond motifs is 1. The van der Waals surface area contributed by atoms with Crippen molar-refractivity contribution in [2.75, 3.05) is 19.6 Å². The zero-order valence-electron chi connectivity index (χ0n) is 17.2. The number of rotatable bonds is 5. The van der Waals surface area contributed by atoms with E-state index in [4.69, 9.17) is 4.52 Å². The van der Waals surface area contributed by atoms with Gasteiger partial charge in [0.05, 0.1) is 6.04 Å². The summed E-state index contributed by atoms with van der Waals surface area (Å²) in [6, 6.07) is 8.54. The molecule has 29 heavy (non-hydrogen) atoms. The second kappa shape index (κ2) is 7.90. The van der Waals surface area contributed by atoms with Gasteiger partial charge in [-0.25, -0.2) is 0 Å². The molecule has 1 amide bonds. The summed E-state index contributed by atoms with van der Waals surface area (Å²) in [5.41, 5.74) is 2.79. The van der Waals surface area contributed by atoms with Gasteiger partial charge in [0.25, 0.3) is 0 Å². The third-order valence-corrected chi connectivity index (χ3v) is 6.87. The average molecular weight is 395 g/mol. The Morgan fingerprint density at radius 2 is 1.90 bits per heavy atom. The van der Waals surface area contributed by atoms with E-state index in [1.807, 2.05) is 0 Å². The van der Waals surface area contributed by atoms with Crippen LogP contribution in [0.25, 0.3) is 0 Å². The number of hydrogen-bond acceptors (Lipinski definition) is 5. The molecule has 5 rings (SSSR count). The fourth-order valence-electron chi connectivity index (χ4n) is 4.73. The second-order valence-electron chi connectivity index (χ2n) is 8.96. The van der Waals surface area contributed by atoms with Crippen LogP contribution in [-0.2, 0) is 24.2 Å². The fraction of sp³-hybridized carbons (Fsp3) is 0.609. The van der Waals surface area contributed by atoms with Gasteiger partial charge in [-0.15, -0.1) is 0 Å². The van der Waals surface area contributed by atoms with Crippen molar-refractivity contribution in [2.24, 2.45) is 5.92 Å². The van der Waals surface area contributed by atoms with Gasteiger partial charge in [-0.1, -0.05) is 29.4 Å². The van der Waals surface area contributed by atoms with Crippen LogP contribution in [0.3, 0.4) is 0 Å². The molecule has 0 N–H and O–H groups in total. The lowest BCUT2D eigenvalue weighted by Gasteiger charge is -2.38. The number of carbonyl (C=O) groups excluding carboxylic acids is 1. The molecular weight excluding hydrogens is 364 g/mol. The van der Waals surface area contributed by atoms with Crippen molar-refractivity contribution in [1.29, 1.82) is 0 Å². The van der Waals surface area contributed by atoms with Gasteiger partial charge < -0.3 is 9.42 Å². The molecular formula is C23H30N4O2. The number of piperidine rings is 1. The summed E-state index contributed by atoms with van der Waals surface area (Å²) in [7, 11) is 0. The van der Waals surface area contributed by atoms with Crippen molar-refractivity contribution in [3.63, 3.8) is 0 Å². The molecule has 2 aliphatic heterocycles. The first kappa shape index (κ1) is 18.8. The second-order valence-corrected chi connectivity index (χ2v) is 8.96. The van der Waals surface area contributed by atoms with E-state index in [0.717, 1.165) is 63.6 Å². The summed E-state index contributed by atoms with van der Waals surface area (Å²) < 4.78 is 5.38. The Morgan fingerprint density at radius 3 is 2.66 bits per heavy atom. The molecule has 1 atom stereocenters. The van der Waals surface area contributed by atoms with Crippen LogP contribution in [0, 0.1) is 5.92 Å². The molecule has 6 nitrogen and oxygen atoms in total. The van der Waals surface area contributed by atoms with E-state index < -0.39 is 0 Å². The number of aromatic nitrogens is 2. The first-order chi connectivity index (χ1) is 14.2. The highest BCUT2D eigenvalue weighted by atomic mass is 16.5. The molecule has 2 fully saturated rings. The van der Waals surface area contributed by atoms with Crippen molar-refractivity contribution < 1.29 is 9.32 Å². The normalized spacial score (nSPS) is 21.8. The van der Waals surface area contributed by atoms with Crippen LogP contribution in [0.2, 0.25) is 0 Å². The third kappa shape index (κ3) is 4.08. The monoisotopic (exact) mass is 394 g/mol. The molecule has 1 aromatic heterocycles. The van der Waals surface area contributed by atoms with Gasteiger partial charge in [-0.3, -0.25) is 9.69 Å². The number of likely N-dealkylation sites (tertiary alicyclic amines) is 1. The number of amides is 1. The average Bonchev–Trinajstić information content (AvgIpc) is 3.52. The highest BCUT2D eigenvalue weighted by Gasteiger charge is 2.32. The van der Waals surface area contributed by atoms with Gasteiger partial charge in [0.2, 0.25) is 11.8 Å². The minimum atomic E-state index is -0.0572. The maximum atomic E-state index is 13.1. The summed E-state index contributed by atoms with van der Waals surface area (Å²) in [5.74, 6) is 3.00. The Labute approximate surface area is 172 Å². The summed E-state index contributed by atoms with van der Waals surface area (Å²) in [6.45, 7) is 5.58. The summed E-state index contributed by atoms with van der Waals surface area (Å²) in [6.07, 6.45) is 6.31. The number of benzene rings is 1. The molecule has 0 unspecified atom stereocenters. The van der Waals surface area contributed by atoms with Crippen LogP contribution >= 0.6 is 0 Å². The van der Waals surface area contributed by atoms with Crippen molar-refractivity contribution in [3.8, 4) is 0 Å². The number of carbonyl (C=O) groups is 1. The SMILES string of the molecule is C[C@H](C(=O)N1CCC(Cc2noc(C3CC3)n2)CC1)N1CCc2ccccc2C1. The zero-order valence-corrected chi connectivity index (χ0v) is 17.2. The van der Waals surface area contributed by atoms with Crippen molar-refractivity contribution >= 4 is 5.91 Å². The molecule has 154 valence electrons. The van der Waals surface area contributed by atoms with Crippen molar-refractivity contribution in [2.45, 2.75) is 64.0 Å². The topological polar surface area (TPSA) is 62.5 Å². The van der Waals surface area contributed by atoms with Crippen LogP contribution in [0.4, 0.5) is 0 Å². The molecule has 0 spiro atoms. The minimum Gasteiger partial charge on any atom is -0.341 e. The van der Waals surface area contributed by atoms with E-state index in [1.165, 1.54) is 24.0 Å². The van der Waals surface area contributed by atoms with E-state index in [1.54, 1.807) is 0 Å². The fourth-order valence-corrected chi connectivity index (χ4v) is 4.73. The Hall–Kier alpha value is -2.21. The predicted octanol–water partition coefficient (Wildman–Crippen LogP) is 3.17. The lowest BCUT2D eigenvalue weighted by Crippen LogP contribution is -2.50. The lowest BCUT2D eigenvalue weighted by atomic mass is 9.92. The molecule has 1 saturated heterocycles. The highest BCUT2D eigenvalue weighted by molar-refractivity contribution is 5.81. The van der Waals surface area contributed by atoms with E-state index in [0.29, 0.717) is 11.8 Å². The van der Waals surface area contributed by atoms with Gasteiger partial charge in [-0.2, -0.15) is 4.98 Å². The highest BCUT2D eigenvalue weighted by Crippen LogP contribution is 2.39. The number of hydrogen-bond donors (Lipinski definition) is 0. The van der Waals surface area contributed by atoms with Gasteiger partial charge in [0.15, 0.2) is 5.82 Å². The summed E-state index contributed by atoms with van der Waals surface area (Å²) in [5, 5.41) is 4.16. The van der Waals surface area contributed by atoms with Gasteiger partial charge >= 0.3 is 0 Å². The van der Waals surface area contributed by atoms with Gasteiger partial charge in [-0.05, 0) is 56.1 Å². The van der Waals surface area contributed by atoms with Crippen molar-refractivity contribution in [1.82, 2.24) is 19.9 Å². The lowest BCUT2D eigenvalue weighted by molar-refractivity contribution is -0.138. The Morgan fingerprint density at radius 1 is 1.14 bits per heavy atom. The molecule has 2 aromatic rings. The quantitative estimate of drug-likeness (QED) is 0.779. The van der Waals surface area contributed by atoms with Crippen LogP contribution in [0.15, 0.2) is 28.8 Å². The standard InChI is InChI=1S/C23H30N4O2/c1-16(27-13-10-18-4-2-3-5-20(18)15-27)23(28)26-11-8-17(9-12-26)14-21-24-22(29-25-21)19-6-7-19/h2-5,16-17,19H,6-15H2,1H3/t16-/m1/s1.